The van der Waals surface area contributed by atoms with Gasteiger partial charge in [0, 0.05) is 30.5 Å². The van der Waals surface area contributed by atoms with Gasteiger partial charge >= 0.3 is 6.03 Å². The van der Waals surface area contributed by atoms with Gasteiger partial charge in [-0.25, -0.2) is 13.9 Å². The highest BCUT2D eigenvalue weighted by atomic mass is 32.2. The summed E-state index contributed by atoms with van der Waals surface area (Å²) < 4.78 is 52.7. The molecule has 15 heteroatoms. The number of aromatic nitrogens is 5. The molecule has 2 amide bonds. The lowest BCUT2D eigenvalue weighted by Crippen LogP contribution is -2.38. The van der Waals surface area contributed by atoms with Crippen molar-refractivity contribution >= 4 is 33.6 Å². The number of urea groups is 1. The number of fused-ring (bicyclic) bond motifs is 2. The van der Waals surface area contributed by atoms with Crippen molar-refractivity contribution in [2.24, 2.45) is 0 Å². The first-order valence-corrected chi connectivity index (χ1v) is 20.2. The number of benzene rings is 2. The third-order valence-electron chi connectivity index (χ3n) is 10.1. The van der Waals surface area contributed by atoms with Gasteiger partial charge in [-0.2, -0.15) is 13.5 Å². The number of pyridine rings is 1. The van der Waals surface area contributed by atoms with Crippen LogP contribution in [0.1, 0.15) is 94.3 Å². The Kier molecular flexibility index (Phi) is 10.4. The first-order valence-electron chi connectivity index (χ1n) is 18.4. The predicted molar refractivity (Wildman–Crippen MR) is 204 cm³/mol. The van der Waals surface area contributed by atoms with E-state index in [0.29, 0.717) is 41.8 Å². The molecular weight excluding hydrogens is 712 g/mol. The van der Waals surface area contributed by atoms with Gasteiger partial charge in [-0.1, -0.05) is 45.0 Å². The van der Waals surface area contributed by atoms with Crippen molar-refractivity contribution in [1.82, 2.24) is 29.7 Å². The molecule has 0 bridgehead atoms. The molecule has 0 spiro atoms. The second kappa shape index (κ2) is 15.0. The summed E-state index contributed by atoms with van der Waals surface area (Å²) in [6.45, 7) is 9.01. The maximum Gasteiger partial charge on any atom is 0.320 e. The molecule has 0 unspecified atom stereocenters. The summed E-state index contributed by atoms with van der Waals surface area (Å²) in [7, 11) is -3.67. The fourth-order valence-corrected chi connectivity index (χ4v) is 7.62. The summed E-state index contributed by atoms with van der Waals surface area (Å²) in [4.78, 5) is 16.0. The van der Waals surface area contributed by atoms with E-state index in [9.17, 15) is 17.6 Å². The highest BCUT2D eigenvalue weighted by Crippen LogP contribution is 2.39. The normalized spacial score (nSPS) is 19.1. The van der Waals surface area contributed by atoms with Crippen LogP contribution in [0.3, 0.4) is 0 Å². The summed E-state index contributed by atoms with van der Waals surface area (Å²) in [5, 5.41) is 19.8. The maximum absolute atomic E-state index is 14.8. The molecule has 1 fully saturated rings. The van der Waals surface area contributed by atoms with Crippen molar-refractivity contribution in [2.75, 3.05) is 29.6 Å². The van der Waals surface area contributed by atoms with Crippen LogP contribution >= 0.6 is 0 Å². The average molecular weight is 759 g/mol. The van der Waals surface area contributed by atoms with E-state index in [2.05, 4.69) is 32.7 Å². The van der Waals surface area contributed by atoms with Gasteiger partial charge in [-0.05, 0) is 86.1 Å². The summed E-state index contributed by atoms with van der Waals surface area (Å²) in [5.41, 5.74) is 3.87. The topological polar surface area (TPSA) is 145 Å². The summed E-state index contributed by atoms with van der Waals surface area (Å²) in [6.07, 6.45) is 7.51. The van der Waals surface area contributed by atoms with Gasteiger partial charge < -0.3 is 15.0 Å². The molecule has 1 saturated heterocycles. The lowest BCUT2D eigenvalue weighted by molar-refractivity contribution is 0.171. The maximum atomic E-state index is 14.8. The molecule has 1 aliphatic heterocycles. The van der Waals surface area contributed by atoms with Gasteiger partial charge in [0.25, 0.3) is 10.1 Å². The Balaban J connectivity index is 1.08. The molecule has 2 aromatic carbocycles. The Morgan fingerprint density at radius 2 is 1.80 bits per heavy atom. The molecule has 54 heavy (non-hydrogen) atoms. The van der Waals surface area contributed by atoms with Crippen LogP contribution in [-0.2, 0) is 26.1 Å². The highest BCUT2D eigenvalue weighted by Gasteiger charge is 2.31. The quantitative estimate of drug-likeness (QED) is 0.144. The van der Waals surface area contributed by atoms with Crippen LogP contribution in [0.2, 0.25) is 0 Å². The Hall–Kier alpha value is -5.02. The second-order valence-electron chi connectivity index (χ2n) is 15.2. The van der Waals surface area contributed by atoms with E-state index in [0.717, 1.165) is 48.4 Å². The third-order valence-corrected chi connectivity index (χ3v) is 10.7. The summed E-state index contributed by atoms with van der Waals surface area (Å²) in [5.74, 6) is 1.44. The first-order chi connectivity index (χ1) is 25.7. The van der Waals surface area contributed by atoms with Crippen LogP contribution in [0, 0.1) is 5.82 Å². The lowest BCUT2D eigenvalue weighted by atomic mass is 9.85. The molecule has 2 N–H and O–H groups in total. The van der Waals surface area contributed by atoms with Crippen molar-refractivity contribution in [3.8, 4) is 11.4 Å². The zero-order chi connectivity index (χ0) is 38.2. The van der Waals surface area contributed by atoms with E-state index in [4.69, 9.17) is 14.0 Å². The number of hydrogen-bond donors (Lipinski definition) is 2. The number of ether oxygens (including phenoxy) is 1. The van der Waals surface area contributed by atoms with Gasteiger partial charge in [0.15, 0.2) is 5.65 Å². The van der Waals surface area contributed by atoms with Crippen molar-refractivity contribution in [3.63, 3.8) is 0 Å². The van der Waals surface area contributed by atoms with Gasteiger partial charge in [0.05, 0.1) is 36.5 Å². The number of rotatable bonds is 10. The van der Waals surface area contributed by atoms with E-state index < -0.39 is 22.0 Å². The molecule has 2 aliphatic rings. The number of nitrogens with one attached hydrogen (secondary N) is 2. The Morgan fingerprint density at radius 1 is 1.00 bits per heavy atom. The SMILES string of the molecule is C[C@H]1CCCCN1c1nnc2ccc(O[C@@H]3CC[C@H](NC(=O)Nc4cc(C(C)(C)C)nn4-c4ccc(F)c(CCOS(C)(=O)=O)c4)c4ccccc43)cn12. The molecule has 5 aromatic rings. The molecule has 3 aromatic heterocycles. The van der Waals surface area contributed by atoms with E-state index in [1.54, 1.807) is 22.9 Å². The Bertz CT molecular complexity index is 2270. The van der Waals surface area contributed by atoms with Gasteiger partial charge in [-0.3, -0.25) is 13.9 Å². The minimum atomic E-state index is -3.67. The van der Waals surface area contributed by atoms with Crippen LogP contribution in [0.5, 0.6) is 5.75 Å². The van der Waals surface area contributed by atoms with Crippen LogP contribution in [0.15, 0.2) is 66.9 Å². The molecule has 3 atom stereocenters. The van der Waals surface area contributed by atoms with E-state index in [-0.39, 0.29) is 36.2 Å². The summed E-state index contributed by atoms with van der Waals surface area (Å²) >= 11 is 0. The predicted octanol–water partition coefficient (Wildman–Crippen LogP) is 7.03. The number of piperidine rings is 1. The van der Waals surface area contributed by atoms with Crippen LogP contribution in [-0.4, -0.2) is 64.3 Å². The van der Waals surface area contributed by atoms with Crippen LogP contribution in [0.4, 0.5) is 21.0 Å². The Morgan fingerprint density at radius 3 is 2.56 bits per heavy atom. The van der Waals surface area contributed by atoms with Crippen LogP contribution < -0.4 is 20.3 Å². The minimum absolute atomic E-state index is 0.0312. The molecule has 7 rings (SSSR count). The average Bonchev–Trinajstić information content (AvgIpc) is 3.74. The molecule has 1 aliphatic carbocycles. The standard InChI is InChI=1S/C39H47FN8O5S/c1-25-10-8-9-20-46(25)38-44-43-35-18-14-28(24-47(35)38)53-33-17-16-32(29-11-6-7-12-30(29)33)41-37(49)42-36-23-34(39(2,3)4)45-48(36)27-13-15-31(40)26(22-27)19-21-52-54(5,50)51/h6-7,11-15,18,22-25,32-33H,8-10,16-17,19-21H2,1-5H3,(H2,41,42,49)/t25-,32-,33+/m0/s1. The van der Waals surface area contributed by atoms with Gasteiger partial charge in [0.1, 0.15) is 23.5 Å². The first kappa shape index (κ1) is 37.3. The zero-order valence-electron chi connectivity index (χ0n) is 31.3. The largest absolute Gasteiger partial charge is 0.484 e. The van der Waals surface area contributed by atoms with E-state index >= 15 is 0 Å². The van der Waals surface area contributed by atoms with E-state index in [1.807, 2.05) is 67.8 Å². The van der Waals surface area contributed by atoms with E-state index in [1.165, 1.54) is 12.5 Å². The molecule has 286 valence electrons. The number of carbonyl (C=O) groups excluding carboxylic acids is 1. The van der Waals surface area contributed by atoms with Crippen molar-refractivity contribution in [3.05, 3.63) is 95.1 Å². The van der Waals surface area contributed by atoms with Gasteiger partial charge in [0.2, 0.25) is 5.95 Å². The number of halogens is 1. The second-order valence-corrected chi connectivity index (χ2v) is 16.9. The Labute approximate surface area is 315 Å². The van der Waals surface area contributed by atoms with Crippen molar-refractivity contribution < 1.29 is 26.5 Å². The number of amides is 2. The molecular formula is C39H47FN8O5S. The van der Waals surface area contributed by atoms with Crippen LogP contribution in [0.25, 0.3) is 11.3 Å². The molecule has 0 radical (unpaired) electrons. The molecule has 4 heterocycles. The highest BCUT2D eigenvalue weighted by molar-refractivity contribution is 7.85. The molecule has 13 nitrogen and oxygen atoms in total. The monoisotopic (exact) mass is 758 g/mol. The van der Waals surface area contributed by atoms with Crippen molar-refractivity contribution in [2.45, 2.75) is 89.8 Å². The number of hydrogen-bond acceptors (Lipinski definition) is 9. The molecule has 0 saturated carbocycles. The zero-order valence-corrected chi connectivity index (χ0v) is 32.1. The fraction of sp³-hybridized carbons (Fsp3) is 0.436. The van der Waals surface area contributed by atoms with Crippen molar-refractivity contribution in [1.29, 1.82) is 0 Å². The third kappa shape index (κ3) is 8.21. The fourth-order valence-electron chi connectivity index (χ4n) is 7.24. The van der Waals surface area contributed by atoms with Gasteiger partial charge in [-0.15, -0.1) is 10.2 Å². The number of nitrogens with zero attached hydrogens (tertiary/aromatic N) is 6. The lowest BCUT2D eigenvalue weighted by Gasteiger charge is -2.33. The minimum Gasteiger partial charge on any atom is -0.484 e. The smallest absolute Gasteiger partial charge is 0.320 e. The summed E-state index contributed by atoms with van der Waals surface area (Å²) in [6, 6.07) is 17.8. The number of carbonyl (C=O) groups is 1. The number of anilines is 2.